The van der Waals surface area contributed by atoms with Crippen molar-refractivity contribution in [2.75, 3.05) is 7.11 Å². The van der Waals surface area contributed by atoms with Crippen molar-refractivity contribution in [3.8, 4) is 5.75 Å². The van der Waals surface area contributed by atoms with Gasteiger partial charge in [0.2, 0.25) is 0 Å². The topological polar surface area (TPSA) is 21.3 Å². The highest BCUT2D eigenvalue weighted by Crippen LogP contribution is 2.28. The Labute approximate surface area is 122 Å². The Bertz CT molecular complexity index is 583. The molecule has 0 bridgehead atoms. The molecule has 2 nitrogen and oxygen atoms in total. The molecule has 0 aliphatic carbocycles. The van der Waals surface area contributed by atoms with E-state index in [1.165, 1.54) is 16.3 Å². The molecule has 0 saturated heterocycles. The highest BCUT2D eigenvalue weighted by molar-refractivity contribution is 5.91. The lowest BCUT2D eigenvalue weighted by molar-refractivity contribution is 0.285. The van der Waals surface area contributed by atoms with Crippen molar-refractivity contribution in [3.63, 3.8) is 0 Å². The van der Waals surface area contributed by atoms with Gasteiger partial charge in [-0.15, -0.1) is 0 Å². The largest absolute Gasteiger partial charge is 0.496 e. The quantitative estimate of drug-likeness (QED) is 0.891. The van der Waals surface area contributed by atoms with Crippen molar-refractivity contribution in [1.82, 2.24) is 5.32 Å². The number of rotatable bonds is 4. The lowest BCUT2D eigenvalue weighted by Gasteiger charge is -2.28. The highest BCUT2D eigenvalue weighted by Gasteiger charge is 2.19. The number of ether oxygens (including phenoxy) is 1. The molecule has 1 unspecified atom stereocenters. The predicted octanol–water partition coefficient (Wildman–Crippen LogP) is 4.37. The number of hydrogen-bond donors (Lipinski definition) is 1. The van der Waals surface area contributed by atoms with Crippen molar-refractivity contribution >= 4 is 10.8 Å². The van der Waals surface area contributed by atoms with Crippen LogP contribution in [0.1, 0.15) is 33.3 Å². The summed E-state index contributed by atoms with van der Waals surface area (Å²) in [5, 5.41) is 6.07. The number of hydrogen-bond acceptors (Lipinski definition) is 2. The van der Waals surface area contributed by atoms with Crippen LogP contribution in [0.4, 0.5) is 0 Å². The van der Waals surface area contributed by atoms with Crippen LogP contribution in [0.2, 0.25) is 0 Å². The van der Waals surface area contributed by atoms with Crippen LogP contribution in [0.5, 0.6) is 5.75 Å². The van der Waals surface area contributed by atoms with E-state index in [-0.39, 0.29) is 5.41 Å². The molecule has 0 aliphatic heterocycles. The first kappa shape index (κ1) is 14.9. The second-order valence-electron chi connectivity index (χ2n) is 6.44. The molecule has 0 aromatic heterocycles. The molecule has 0 aliphatic rings. The second kappa shape index (κ2) is 5.84. The highest BCUT2D eigenvalue weighted by atomic mass is 16.5. The van der Waals surface area contributed by atoms with E-state index >= 15 is 0 Å². The first-order chi connectivity index (χ1) is 9.43. The molecule has 108 valence electrons. The molecule has 0 fully saturated rings. The number of methoxy groups -OCH3 is 1. The fourth-order valence-electron chi connectivity index (χ4n) is 2.24. The van der Waals surface area contributed by atoms with Crippen LogP contribution in [0.15, 0.2) is 36.4 Å². The Hall–Kier alpha value is -1.54. The molecule has 20 heavy (non-hydrogen) atoms. The summed E-state index contributed by atoms with van der Waals surface area (Å²) in [6, 6.07) is 13.1. The van der Waals surface area contributed by atoms with Gasteiger partial charge in [0.25, 0.3) is 0 Å². The van der Waals surface area contributed by atoms with Gasteiger partial charge >= 0.3 is 0 Å². The first-order valence-electron chi connectivity index (χ1n) is 7.21. The van der Waals surface area contributed by atoms with Crippen molar-refractivity contribution in [2.45, 2.75) is 40.3 Å². The van der Waals surface area contributed by atoms with E-state index in [4.69, 9.17) is 4.74 Å². The third-order valence-corrected chi connectivity index (χ3v) is 4.09. The van der Waals surface area contributed by atoms with E-state index in [1.807, 2.05) is 0 Å². The molecule has 0 heterocycles. The maximum Gasteiger partial charge on any atom is 0.126 e. The average molecular weight is 271 g/mol. The summed E-state index contributed by atoms with van der Waals surface area (Å²) in [4.78, 5) is 0. The summed E-state index contributed by atoms with van der Waals surface area (Å²) in [6.45, 7) is 9.90. The SMILES string of the molecule is COc1ccc(CNC(C)C(C)(C)C)c2ccccc12. The normalized spacial score (nSPS) is 13.4. The minimum Gasteiger partial charge on any atom is -0.496 e. The van der Waals surface area contributed by atoms with Crippen molar-refractivity contribution in [3.05, 3.63) is 42.0 Å². The minimum atomic E-state index is 0.266. The van der Waals surface area contributed by atoms with Crippen LogP contribution in [0, 0.1) is 5.41 Å². The van der Waals surface area contributed by atoms with Crippen molar-refractivity contribution in [2.24, 2.45) is 5.41 Å². The number of fused-ring (bicyclic) bond motifs is 1. The summed E-state index contributed by atoms with van der Waals surface area (Å²) < 4.78 is 5.44. The molecule has 1 atom stereocenters. The van der Waals surface area contributed by atoms with E-state index in [2.05, 4.69) is 69.4 Å². The minimum absolute atomic E-state index is 0.266. The Morgan fingerprint density at radius 2 is 1.70 bits per heavy atom. The maximum atomic E-state index is 5.44. The van der Waals surface area contributed by atoms with E-state index in [1.54, 1.807) is 7.11 Å². The molecular weight excluding hydrogens is 246 g/mol. The van der Waals surface area contributed by atoms with Gasteiger partial charge in [-0.05, 0) is 29.4 Å². The van der Waals surface area contributed by atoms with Crippen LogP contribution in [0.25, 0.3) is 10.8 Å². The van der Waals surface area contributed by atoms with Crippen molar-refractivity contribution < 1.29 is 4.74 Å². The summed E-state index contributed by atoms with van der Waals surface area (Å²) in [5.41, 5.74) is 1.58. The Morgan fingerprint density at radius 3 is 2.30 bits per heavy atom. The zero-order valence-electron chi connectivity index (χ0n) is 13.2. The molecule has 2 aromatic rings. The van der Waals surface area contributed by atoms with Gasteiger partial charge in [-0.2, -0.15) is 0 Å². The summed E-state index contributed by atoms with van der Waals surface area (Å²) >= 11 is 0. The van der Waals surface area contributed by atoms with Gasteiger partial charge in [0.1, 0.15) is 5.75 Å². The Balaban J connectivity index is 2.27. The lowest BCUT2D eigenvalue weighted by atomic mass is 9.88. The van der Waals surface area contributed by atoms with Crippen LogP contribution in [0.3, 0.4) is 0 Å². The molecule has 0 amide bonds. The summed E-state index contributed by atoms with van der Waals surface area (Å²) in [6.07, 6.45) is 0. The van der Waals surface area contributed by atoms with Gasteiger partial charge in [0.05, 0.1) is 7.11 Å². The predicted molar refractivity (Wildman–Crippen MR) is 86.3 cm³/mol. The number of benzene rings is 2. The second-order valence-corrected chi connectivity index (χ2v) is 6.44. The van der Waals surface area contributed by atoms with Gasteiger partial charge in [-0.1, -0.05) is 51.1 Å². The van der Waals surface area contributed by atoms with Crippen LogP contribution in [-0.2, 0) is 6.54 Å². The Morgan fingerprint density at radius 1 is 1.05 bits per heavy atom. The van der Waals surface area contributed by atoms with E-state index in [0.717, 1.165) is 12.3 Å². The third-order valence-electron chi connectivity index (χ3n) is 4.09. The summed E-state index contributed by atoms with van der Waals surface area (Å²) in [7, 11) is 1.72. The van der Waals surface area contributed by atoms with Gasteiger partial charge < -0.3 is 10.1 Å². The van der Waals surface area contributed by atoms with E-state index in [9.17, 15) is 0 Å². The van der Waals surface area contributed by atoms with Crippen LogP contribution < -0.4 is 10.1 Å². The molecular formula is C18H25NO. The molecule has 0 spiro atoms. The van der Waals surface area contributed by atoms with Gasteiger partial charge in [0, 0.05) is 18.0 Å². The molecule has 0 radical (unpaired) electrons. The zero-order chi connectivity index (χ0) is 14.8. The third kappa shape index (κ3) is 3.13. The summed E-state index contributed by atoms with van der Waals surface area (Å²) in [5.74, 6) is 0.938. The molecule has 2 rings (SSSR count). The fourth-order valence-corrected chi connectivity index (χ4v) is 2.24. The van der Waals surface area contributed by atoms with Crippen LogP contribution >= 0.6 is 0 Å². The smallest absolute Gasteiger partial charge is 0.126 e. The van der Waals surface area contributed by atoms with Gasteiger partial charge in [0.15, 0.2) is 0 Å². The molecule has 2 aromatic carbocycles. The van der Waals surface area contributed by atoms with Crippen molar-refractivity contribution in [1.29, 1.82) is 0 Å². The van der Waals surface area contributed by atoms with E-state index in [0.29, 0.717) is 6.04 Å². The van der Waals surface area contributed by atoms with E-state index < -0.39 is 0 Å². The maximum absolute atomic E-state index is 5.44. The fraction of sp³-hybridized carbons (Fsp3) is 0.444. The Kier molecular flexibility index (Phi) is 4.34. The van der Waals surface area contributed by atoms with Crippen LogP contribution in [-0.4, -0.2) is 13.2 Å². The lowest BCUT2D eigenvalue weighted by Crippen LogP contribution is -2.37. The monoisotopic (exact) mass is 271 g/mol. The molecule has 1 N–H and O–H groups in total. The standard InChI is InChI=1S/C18H25NO/c1-13(18(2,3)4)19-12-14-10-11-17(20-5)16-9-7-6-8-15(14)16/h6-11,13,19H,12H2,1-5H3. The first-order valence-corrected chi connectivity index (χ1v) is 7.21. The molecule has 2 heteroatoms. The van der Waals surface area contributed by atoms with Gasteiger partial charge in [-0.3, -0.25) is 0 Å². The molecule has 0 saturated carbocycles. The number of nitrogens with one attached hydrogen (secondary N) is 1. The zero-order valence-corrected chi connectivity index (χ0v) is 13.2. The average Bonchev–Trinajstić information content (AvgIpc) is 2.43. The van der Waals surface area contributed by atoms with Gasteiger partial charge in [-0.25, -0.2) is 0 Å².